The molecule has 1 fully saturated rings. The predicted molar refractivity (Wildman–Crippen MR) is 124 cm³/mol. The van der Waals surface area contributed by atoms with Crippen molar-refractivity contribution < 1.29 is 22.7 Å². The Kier molecular flexibility index (Phi) is 8.15. The van der Waals surface area contributed by atoms with Gasteiger partial charge in [0.1, 0.15) is 18.1 Å². The van der Waals surface area contributed by atoms with Crippen molar-refractivity contribution in [2.45, 2.75) is 38.5 Å². The summed E-state index contributed by atoms with van der Waals surface area (Å²) in [5.74, 6) is 1.22. The van der Waals surface area contributed by atoms with Gasteiger partial charge in [-0.05, 0) is 62.1 Å². The lowest BCUT2D eigenvalue weighted by Gasteiger charge is -2.31. The molecule has 0 bridgehead atoms. The number of sulfonamides is 1. The number of carbonyl (C=O) groups is 1. The van der Waals surface area contributed by atoms with Crippen molar-refractivity contribution in [1.29, 1.82) is 0 Å². The fraction of sp³-hybridized carbons (Fsp3) is 0.458. The average molecular weight is 461 g/mol. The molecule has 0 unspecified atom stereocenters. The van der Waals surface area contributed by atoms with Crippen LogP contribution in [0, 0.1) is 12.8 Å². The smallest absolute Gasteiger partial charge is 0.223 e. The average Bonchev–Trinajstić information content (AvgIpc) is 2.79. The SMILES string of the molecule is COc1ccc(OC[C@@H](C)NC(=O)C2CCN(S(=O)(=O)Cc3ccccc3C)CC2)cc1. The van der Waals surface area contributed by atoms with E-state index in [0.717, 1.165) is 16.9 Å². The predicted octanol–water partition coefficient (Wildman–Crippen LogP) is 3.13. The van der Waals surface area contributed by atoms with E-state index in [4.69, 9.17) is 9.47 Å². The second kappa shape index (κ2) is 10.8. The molecule has 32 heavy (non-hydrogen) atoms. The van der Waals surface area contributed by atoms with Crippen LogP contribution >= 0.6 is 0 Å². The van der Waals surface area contributed by atoms with Crippen LogP contribution in [0.25, 0.3) is 0 Å². The molecule has 1 amide bonds. The number of carbonyl (C=O) groups excluding carboxylic acids is 1. The summed E-state index contributed by atoms with van der Waals surface area (Å²) >= 11 is 0. The van der Waals surface area contributed by atoms with Crippen LogP contribution in [0.15, 0.2) is 48.5 Å². The first kappa shape index (κ1) is 24.1. The first-order valence-corrected chi connectivity index (χ1v) is 12.5. The number of nitrogens with one attached hydrogen (secondary N) is 1. The number of ether oxygens (including phenoxy) is 2. The Balaban J connectivity index is 1.44. The van der Waals surface area contributed by atoms with E-state index in [-0.39, 0.29) is 23.6 Å². The topological polar surface area (TPSA) is 84.9 Å². The molecule has 1 aliphatic rings. The lowest BCUT2D eigenvalue weighted by molar-refractivity contribution is -0.126. The van der Waals surface area contributed by atoms with Crippen molar-refractivity contribution in [3.63, 3.8) is 0 Å². The van der Waals surface area contributed by atoms with Gasteiger partial charge in [0.15, 0.2) is 0 Å². The molecular weight excluding hydrogens is 428 g/mol. The summed E-state index contributed by atoms with van der Waals surface area (Å²) in [5.41, 5.74) is 1.79. The van der Waals surface area contributed by atoms with Gasteiger partial charge in [-0.3, -0.25) is 4.79 Å². The number of aryl methyl sites for hydroxylation is 1. The van der Waals surface area contributed by atoms with Crippen molar-refractivity contribution >= 4 is 15.9 Å². The number of hydrogen-bond donors (Lipinski definition) is 1. The summed E-state index contributed by atoms with van der Waals surface area (Å²) < 4.78 is 38.0. The normalized spacial score (nSPS) is 16.3. The monoisotopic (exact) mass is 460 g/mol. The minimum atomic E-state index is -3.40. The van der Waals surface area contributed by atoms with Crippen LogP contribution in [0.4, 0.5) is 0 Å². The number of rotatable bonds is 9. The summed E-state index contributed by atoms with van der Waals surface area (Å²) in [6, 6.07) is 14.6. The van der Waals surface area contributed by atoms with Crippen molar-refractivity contribution in [2.24, 2.45) is 5.92 Å². The van der Waals surface area contributed by atoms with Crippen LogP contribution in [0.1, 0.15) is 30.9 Å². The van der Waals surface area contributed by atoms with Gasteiger partial charge in [-0.2, -0.15) is 0 Å². The highest BCUT2D eigenvalue weighted by atomic mass is 32.2. The van der Waals surface area contributed by atoms with E-state index in [2.05, 4.69) is 5.32 Å². The van der Waals surface area contributed by atoms with Crippen LogP contribution in [0.2, 0.25) is 0 Å². The van der Waals surface area contributed by atoms with Crippen molar-refractivity contribution in [3.8, 4) is 11.5 Å². The zero-order valence-electron chi connectivity index (χ0n) is 18.9. The zero-order valence-corrected chi connectivity index (χ0v) is 19.7. The van der Waals surface area contributed by atoms with Gasteiger partial charge in [-0.25, -0.2) is 12.7 Å². The maximum atomic E-state index is 12.8. The van der Waals surface area contributed by atoms with E-state index in [1.807, 2.05) is 62.4 Å². The fourth-order valence-corrected chi connectivity index (χ4v) is 5.42. The summed E-state index contributed by atoms with van der Waals surface area (Å²) in [4.78, 5) is 12.6. The van der Waals surface area contributed by atoms with Gasteiger partial charge >= 0.3 is 0 Å². The number of nitrogens with zero attached hydrogens (tertiary/aromatic N) is 1. The van der Waals surface area contributed by atoms with Gasteiger partial charge in [0.2, 0.25) is 15.9 Å². The minimum absolute atomic E-state index is 0.00370. The summed E-state index contributed by atoms with van der Waals surface area (Å²) in [6.45, 7) is 4.89. The molecule has 8 heteroatoms. The second-order valence-electron chi connectivity index (χ2n) is 8.25. The van der Waals surface area contributed by atoms with Crippen molar-refractivity contribution in [1.82, 2.24) is 9.62 Å². The highest BCUT2D eigenvalue weighted by Gasteiger charge is 2.31. The number of methoxy groups -OCH3 is 1. The highest BCUT2D eigenvalue weighted by Crippen LogP contribution is 2.23. The molecule has 174 valence electrons. The van der Waals surface area contributed by atoms with Crippen LogP contribution in [0.5, 0.6) is 11.5 Å². The zero-order chi connectivity index (χ0) is 23.1. The molecule has 1 N–H and O–H groups in total. The van der Waals surface area contributed by atoms with E-state index >= 15 is 0 Å². The molecule has 1 heterocycles. The summed E-state index contributed by atoms with van der Waals surface area (Å²) in [5, 5.41) is 2.99. The largest absolute Gasteiger partial charge is 0.497 e. The number of hydrogen-bond acceptors (Lipinski definition) is 5. The number of benzene rings is 2. The number of piperidine rings is 1. The lowest BCUT2D eigenvalue weighted by Crippen LogP contribution is -2.46. The van der Waals surface area contributed by atoms with Gasteiger partial charge in [-0.15, -0.1) is 0 Å². The van der Waals surface area contributed by atoms with Gasteiger partial charge in [0.25, 0.3) is 0 Å². The quantitative estimate of drug-likeness (QED) is 0.622. The van der Waals surface area contributed by atoms with Crippen molar-refractivity contribution in [3.05, 3.63) is 59.7 Å². The third-order valence-electron chi connectivity index (χ3n) is 5.77. The standard InChI is InChI=1S/C24H32N2O5S/c1-18-6-4-5-7-21(18)17-32(28,29)26-14-12-20(13-15-26)24(27)25-19(2)16-31-23-10-8-22(30-3)9-11-23/h4-11,19-20H,12-17H2,1-3H3,(H,25,27)/t19-/m1/s1. The Morgan fingerprint density at radius 1 is 1.09 bits per heavy atom. The molecule has 2 aromatic rings. The first-order chi connectivity index (χ1) is 15.3. The van der Waals surface area contributed by atoms with Gasteiger partial charge < -0.3 is 14.8 Å². The second-order valence-corrected chi connectivity index (χ2v) is 10.2. The van der Waals surface area contributed by atoms with E-state index in [9.17, 15) is 13.2 Å². The molecule has 0 aliphatic carbocycles. The van der Waals surface area contributed by atoms with Crippen LogP contribution in [0.3, 0.4) is 0 Å². The molecule has 0 radical (unpaired) electrons. The number of amides is 1. The molecule has 2 aromatic carbocycles. The fourth-order valence-electron chi connectivity index (χ4n) is 3.75. The Morgan fingerprint density at radius 3 is 2.34 bits per heavy atom. The molecule has 1 aliphatic heterocycles. The Hall–Kier alpha value is -2.58. The molecule has 0 saturated carbocycles. The molecular formula is C24H32N2O5S. The third kappa shape index (κ3) is 6.46. The Labute approximate surface area is 190 Å². The first-order valence-electron chi connectivity index (χ1n) is 10.9. The Morgan fingerprint density at radius 2 is 1.72 bits per heavy atom. The van der Waals surface area contributed by atoms with E-state index in [1.165, 1.54) is 4.31 Å². The van der Waals surface area contributed by atoms with Crippen molar-refractivity contribution in [2.75, 3.05) is 26.8 Å². The van der Waals surface area contributed by atoms with Crippen LogP contribution in [-0.4, -0.2) is 51.5 Å². The molecule has 3 rings (SSSR count). The van der Waals surface area contributed by atoms with Gasteiger partial charge in [0, 0.05) is 19.0 Å². The van der Waals surface area contributed by atoms with E-state index in [1.54, 1.807) is 7.11 Å². The van der Waals surface area contributed by atoms with E-state index in [0.29, 0.717) is 38.3 Å². The molecule has 0 aromatic heterocycles. The molecule has 0 spiro atoms. The van der Waals surface area contributed by atoms with E-state index < -0.39 is 10.0 Å². The molecule has 7 nitrogen and oxygen atoms in total. The molecule has 1 atom stereocenters. The maximum absolute atomic E-state index is 12.8. The lowest BCUT2D eigenvalue weighted by atomic mass is 9.97. The van der Waals surface area contributed by atoms with Crippen LogP contribution in [-0.2, 0) is 20.6 Å². The molecule has 1 saturated heterocycles. The summed E-state index contributed by atoms with van der Waals surface area (Å²) in [7, 11) is -1.79. The highest BCUT2D eigenvalue weighted by molar-refractivity contribution is 7.88. The van der Waals surface area contributed by atoms with Gasteiger partial charge in [0.05, 0.1) is 18.9 Å². The van der Waals surface area contributed by atoms with Crippen LogP contribution < -0.4 is 14.8 Å². The minimum Gasteiger partial charge on any atom is -0.497 e. The maximum Gasteiger partial charge on any atom is 0.223 e. The van der Waals surface area contributed by atoms with Gasteiger partial charge in [-0.1, -0.05) is 24.3 Å². The Bertz CT molecular complexity index is 999. The third-order valence-corrected chi connectivity index (χ3v) is 7.59. The summed E-state index contributed by atoms with van der Waals surface area (Å²) in [6.07, 6.45) is 1.04.